The van der Waals surface area contributed by atoms with Crippen LogP contribution in [0, 0.1) is 0 Å². The van der Waals surface area contributed by atoms with Crippen LogP contribution in [0.4, 0.5) is 0 Å². The smallest absolute Gasteiger partial charge is 0.223 e. The first-order valence-corrected chi connectivity index (χ1v) is 7.26. The van der Waals surface area contributed by atoms with Crippen LogP contribution < -0.4 is 0 Å². The Morgan fingerprint density at radius 2 is 1.84 bits per heavy atom. The van der Waals surface area contributed by atoms with Crippen molar-refractivity contribution in [2.45, 2.75) is 32.2 Å². The molecule has 3 nitrogen and oxygen atoms in total. The van der Waals surface area contributed by atoms with Crippen LogP contribution >= 0.6 is 0 Å². The van der Waals surface area contributed by atoms with Gasteiger partial charge in [-0.2, -0.15) is 0 Å². The Bertz CT molecular complexity index is 385. The Kier molecular flexibility index (Phi) is 5.40. The second-order valence-corrected chi connectivity index (χ2v) is 5.41. The zero-order valence-corrected chi connectivity index (χ0v) is 11.8. The van der Waals surface area contributed by atoms with Crippen molar-refractivity contribution in [1.82, 2.24) is 9.80 Å². The number of hydrogen-bond donors (Lipinski definition) is 0. The fourth-order valence-electron chi connectivity index (χ4n) is 2.56. The summed E-state index contributed by atoms with van der Waals surface area (Å²) in [7, 11) is 2.08. The lowest BCUT2D eigenvalue weighted by Crippen LogP contribution is -2.37. The maximum absolute atomic E-state index is 12.1. The minimum Gasteiger partial charge on any atom is -0.343 e. The van der Waals surface area contributed by atoms with Crippen molar-refractivity contribution in [3.63, 3.8) is 0 Å². The Hall–Kier alpha value is -1.35. The summed E-state index contributed by atoms with van der Waals surface area (Å²) in [4.78, 5) is 16.3. The van der Waals surface area contributed by atoms with Crippen LogP contribution in [0.5, 0.6) is 0 Å². The number of piperidine rings is 1. The van der Waals surface area contributed by atoms with Crippen LogP contribution in [-0.2, 0) is 11.3 Å². The fourth-order valence-corrected chi connectivity index (χ4v) is 2.56. The largest absolute Gasteiger partial charge is 0.343 e. The number of hydrogen-bond acceptors (Lipinski definition) is 2. The minimum absolute atomic E-state index is 0.319. The molecule has 0 aromatic heterocycles. The predicted octanol–water partition coefficient (Wildman–Crippen LogP) is 2.52. The van der Waals surface area contributed by atoms with Gasteiger partial charge in [-0.15, -0.1) is 0 Å². The van der Waals surface area contributed by atoms with Crippen molar-refractivity contribution in [1.29, 1.82) is 0 Å². The van der Waals surface area contributed by atoms with E-state index in [9.17, 15) is 4.79 Å². The standard InChI is InChI=1S/C16H24N2O/c1-17(14-15-8-4-2-5-9-15)13-10-16(19)18-11-6-3-7-12-18/h2,4-5,8-9H,3,6-7,10-14H2,1H3. The highest BCUT2D eigenvalue weighted by molar-refractivity contribution is 5.76. The van der Waals surface area contributed by atoms with E-state index in [1.807, 2.05) is 11.0 Å². The van der Waals surface area contributed by atoms with E-state index >= 15 is 0 Å². The topological polar surface area (TPSA) is 23.6 Å². The van der Waals surface area contributed by atoms with E-state index in [-0.39, 0.29) is 0 Å². The molecule has 0 aliphatic carbocycles. The van der Waals surface area contributed by atoms with Gasteiger partial charge in [0.2, 0.25) is 5.91 Å². The lowest BCUT2D eigenvalue weighted by atomic mass is 10.1. The number of nitrogens with zero attached hydrogens (tertiary/aromatic N) is 2. The lowest BCUT2D eigenvalue weighted by Gasteiger charge is -2.27. The normalized spacial score (nSPS) is 15.8. The van der Waals surface area contributed by atoms with E-state index in [4.69, 9.17) is 0 Å². The number of carbonyl (C=O) groups excluding carboxylic acids is 1. The molecule has 0 spiro atoms. The first-order valence-electron chi connectivity index (χ1n) is 7.26. The van der Waals surface area contributed by atoms with E-state index in [0.717, 1.165) is 26.2 Å². The third kappa shape index (κ3) is 4.67. The Morgan fingerprint density at radius 1 is 1.16 bits per heavy atom. The third-order valence-corrected chi connectivity index (χ3v) is 3.71. The van der Waals surface area contributed by atoms with Gasteiger partial charge in [-0.3, -0.25) is 4.79 Å². The molecule has 1 fully saturated rings. The Balaban J connectivity index is 1.71. The maximum Gasteiger partial charge on any atom is 0.223 e. The Labute approximate surface area is 116 Å². The van der Waals surface area contributed by atoms with Crippen molar-refractivity contribution in [3.05, 3.63) is 35.9 Å². The predicted molar refractivity (Wildman–Crippen MR) is 77.8 cm³/mol. The van der Waals surface area contributed by atoms with Crippen molar-refractivity contribution in [2.75, 3.05) is 26.7 Å². The lowest BCUT2D eigenvalue weighted by molar-refractivity contribution is -0.132. The van der Waals surface area contributed by atoms with Gasteiger partial charge in [-0.1, -0.05) is 30.3 Å². The van der Waals surface area contributed by atoms with Gasteiger partial charge in [0, 0.05) is 32.6 Å². The van der Waals surface area contributed by atoms with E-state index < -0.39 is 0 Å². The van der Waals surface area contributed by atoms with E-state index in [2.05, 4.69) is 36.2 Å². The van der Waals surface area contributed by atoms with E-state index in [1.54, 1.807) is 0 Å². The molecule has 3 heteroatoms. The summed E-state index contributed by atoms with van der Waals surface area (Å²) >= 11 is 0. The third-order valence-electron chi connectivity index (χ3n) is 3.71. The average Bonchev–Trinajstić information content (AvgIpc) is 2.47. The molecule has 1 aliphatic rings. The molecule has 0 unspecified atom stereocenters. The molecular formula is C16H24N2O. The number of likely N-dealkylation sites (tertiary alicyclic amines) is 1. The average molecular weight is 260 g/mol. The molecule has 0 atom stereocenters. The molecular weight excluding hydrogens is 236 g/mol. The molecule has 0 bridgehead atoms. The molecule has 0 radical (unpaired) electrons. The molecule has 1 amide bonds. The first kappa shape index (κ1) is 14.1. The number of amides is 1. The highest BCUT2D eigenvalue weighted by Gasteiger charge is 2.16. The summed E-state index contributed by atoms with van der Waals surface area (Å²) in [5.41, 5.74) is 1.30. The monoisotopic (exact) mass is 260 g/mol. The SMILES string of the molecule is CN(CCC(=O)N1CCCCC1)Cc1ccccc1. The van der Waals surface area contributed by atoms with E-state index in [0.29, 0.717) is 12.3 Å². The second-order valence-electron chi connectivity index (χ2n) is 5.41. The molecule has 0 N–H and O–H groups in total. The van der Waals surface area contributed by atoms with Crippen LogP contribution in [0.15, 0.2) is 30.3 Å². The van der Waals surface area contributed by atoms with Crippen LogP contribution in [-0.4, -0.2) is 42.4 Å². The summed E-state index contributed by atoms with van der Waals surface area (Å²) in [6.45, 7) is 3.67. The molecule has 1 saturated heterocycles. The van der Waals surface area contributed by atoms with Gasteiger partial charge in [0.15, 0.2) is 0 Å². The number of rotatable bonds is 5. The highest BCUT2D eigenvalue weighted by Crippen LogP contribution is 2.10. The number of benzene rings is 1. The second kappa shape index (κ2) is 7.29. The summed E-state index contributed by atoms with van der Waals surface area (Å²) < 4.78 is 0. The molecule has 0 saturated carbocycles. The Morgan fingerprint density at radius 3 is 2.53 bits per heavy atom. The van der Waals surface area contributed by atoms with Gasteiger partial charge in [0.05, 0.1) is 0 Å². The van der Waals surface area contributed by atoms with Crippen molar-refractivity contribution in [3.8, 4) is 0 Å². The first-order chi connectivity index (χ1) is 9.25. The van der Waals surface area contributed by atoms with Crippen LogP contribution in [0.3, 0.4) is 0 Å². The van der Waals surface area contributed by atoms with Crippen LogP contribution in [0.25, 0.3) is 0 Å². The van der Waals surface area contributed by atoms with Gasteiger partial charge in [0.25, 0.3) is 0 Å². The van der Waals surface area contributed by atoms with Gasteiger partial charge >= 0.3 is 0 Å². The molecule has 1 heterocycles. The quantitative estimate of drug-likeness (QED) is 0.812. The molecule has 2 rings (SSSR count). The molecule has 1 aliphatic heterocycles. The molecule has 19 heavy (non-hydrogen) atoms. The summed E-state index contributed by atoms with van der Waals surface area (Å²) in [6, 6.07) is 10.4. The zero-order chi connectivity index (χ0) is 13.5. The van der Waals surface area contributed by atoms with Crippen LogP contribution in [0.2, 0.25) is 0 Å². The molecule has 104 valence electrons. The van der Waals surface area contributed by atoms with Crippen molar-refractivity contribution < 1.29 is 4.79 Å². The van der Waals surface area contributed by atoms with Gasteiger partial charge in [-0.25, -0.2) is 0 Å². The highest BCUT2D eigenvalue weighted by atomic mass is 16.2. The summed E-state index contributed by atoms with van der Waals surface area (Å²) in [5, 5.41) is 0. The molecule has 1 aromatic rings. The maximum atomic E-state index is 12.1. The fraction of sp³-hybridized carbons (Fsp3) is 0.562. The van der Waals surface area contributed by atoms with Gasteiger partial charge in [0.1, 0.15) is 0 Å². The van der Waals surface area contributed by atoms with Gasteiger partial charge in [-0.05, 0) is 31.9 Å². The summed E-state index contributed by atoms with van der Waals surface area (Å²) in [5.74, 6) is 0.319. The molecule has 1 aromatic carbocycles. The van der Waals surface area contributed by atoms with Crippen molar-refractivity contribution >= 4 is 5.91 Å². The van der Waals surface area contributed by atoms with Crippen molar-refractivity contribution in [2.24, 2.45) is 0 Å². The summed E-state index contributed by atoms with van der Waals surface area (Å²) in [6.07, 6.45) is 4.26. The minimum atomic E-state index is 0.319. The van der Waals surface area contributed by atoms with Gasteiger partial charge < -0.3 is 9.80 Å². The zero-order valence-electron chi connectivity index (χ0n) is 11.8. The number of carbonyl (C=O) groups is 1. The van der Waals surface area contributed by atoms with Crippen LogP contribution in [0.1, 0.15) is 31.2 Å². The van der Waals surface area contributed by atoms with E-state index in [1.165, 1.54) is 24.8 Å².